The van der Waals surface area contributed by atoms with E-state index in [9.17, 15) is 14.4 Å². The third kappa shape index (κ3) is 3.93. The number of hydrogen-bond acceptors (Lipinski definition) is 5. The number of carbonyl (C=O) groups is 3. The molecule has 2 rings (SSSR count). The molecule has 3 amide bonds. The van der Waals surface area contributed by atoms with Crippen molar-refractivity contribution >= 4 is 40.7 Å². The lowest BCUT2D eigenvalue weighted by atomic mass is 10.2. The summed E-state index contributed by atoms with van der Waals surface area (Å²) in [6.45, 7) is -0.270. The van der Waals surface area contributed by atoms with Crippen molar-refractivity contribution in [1.29, 1.82) is 0 Å². The van der Waals surface area contributed by atoms with Gasteiger partial charge in [-0.05, 0) is 18.2 Å². The van der Waals surface area contributed by atoms with Gasteiger partial charge in [0.2, 0.25) is 5.91 Å². The second-order valence-corrected chi connectivity index (χ2v) is 4.88. The molecule has 1 saturated heterocycles. The van der Waals surface area contributed by atoms with Gasteiger partial charge in [0.1, 0.15) is 13.2 Å². The van der Waals surface area contributed by atoms with Crippen LogP contribution in [0.1, 0.15) is 6.42 Å². The van der Waals surface area contributed by atoms with E-state index in [0.29, 0.717) is 16.4 Å². The molecular formula is C13H14ClN3O4. The van der Waals surface area contributed by atoms with Gasteiger partial charge in [-0.15, -0.1) is 0 Å². The summed E-state index contributed by atoms with van der Waals surface area (Å²) in [6.07, 6.45) is -0.0157. The van der Waals surface area contributed by atoms with Crippen LogP contribution in [0.25, 0.3) is 0 Å². The van der Waals surface area contributed by atoms with Crippen LogP contribution in [0, 0.1) is 0 Å². The molecule has 7 nitrogen and oxygen atoms in total. The smallest absolute Gasteiger partial charge is 0.255 e. The SMILES string of the molecule is Nc1ccc(NC(=O)CCN2C(=O)COCC2=O)c(Cl)c1. The zero-order valence-corrected chi connectivity index (χ0v) is 11.9. The third-order valence-corrected chi connectivity index (χ3v) is 3.20. The molecule has 8 heteroatoms. The van der Waals surface area contributed by atoms with Gasteiger partial charge in [0.05, 0.1) is 10.7 Å². The lowest BCUT2D eigenvalue weighted by molar-refractivity contribution is -0.158. The minimum absolute atomic E-state index is 0.0133. The molecule has 0 bridgehead atoms. The molecule has 0 saturated carbocycles. The molecule has 1 aromatic rings. The predicted octanol–water partition coefficient (Wildman–Crippen LogP) is 0.636. The van der Waals surface area contributed by atoms with Crippen LogP contribution in [-0.4, -0.2) is 42.4 Å². The maximum absolute atomic E-state index is 11.8. The van der Waals surface area contributed by atoms with Gasteiger partial charge in [-0.2, -0.15) is 0 Å². The Morgan fingerprint density at radius 3 is 2.62 bits per heavy atom. The largest absolute Gasteiger partial charge is 0.399 e. The van der Waals surface area contributed by atoms with Crippen molar-refractivity contribution in [2.45, 2.75) is 6.42 Å². The van der Waals surface area contributed by atoms with Crippen molar-refractivity contribution in [1.82, 2.24) is 4.90 Å². The highest BCUT2D eigenvalue weighted by atomic mass is 35.5. The Labute approximate surface area is 126 Å². The monoisotopic (exact) mass is 311 g/mol. The highest BCUT2D eigenvalue weighted by Crippen LogP contribution is 2.24. The van der Waals surface area contributed by atoms with Gasteiger partial charge in [-0.1, -0.05) is 11.6 Å². The van der Waals surface area contributed by atoms with Crippen LogP contribution in [-0.2, 0) is 19.1 Å². The first-order valence-corrected chi connectivity index (χ1v) is 6.61. The minimum atomic E-state index is -0.440. The van der Waals surface area contributed by atoms with Crippen molar-refractivity contribution < 1.29 is 19.1 Å². The lowest BCUT2D eigenvalue weighted by Gasteiger charge is -2.24. The summed E-state index contributed by atoms with van der Waals surface area (Å²) in [5.74, 6) is -1.23. The van der Waals surface area contributed by atoms with Crippen LogP contribution in [0.4, 0.5) is 11.4 Å². The average molecular weight is 312 g/mol. The molecular weight excluding hydrogens is 298 g/mol. The molecule has 1 aliphatic heterocycles. The van der Waals surface area contributed by atoms with Crippen LogP contribution in [0.15, 0.2) is 18.2 Å². The van der Waals surface area contributed by atoms with Gasteiger partial charge in [-0.3, -0.25) is 19.3 Å². The number of hydrogen-bond donors (Lipinski definition) is 2. The fraction of sp³-hybridized carbons (Fsp3) is 0.308. The van der Waals surface area contributed by atoms with E-state index in [-0.39, 0.29) is 32.1 Å². The summed E-state index contributed by atoms with van der Waals surface area (Å²) in [4.78, 5) is 35.8. The van der Waals surface area contributed by atoms with Crippen LogP contribution in [0.2, 0.25) is 5.02 Å². The Balaban J connectivity index is 1.90. The second-order valence-electron chi connectivity index (χ2n) is 4.47. The molecule has 1 aliphatic rings. The second kappa shape index (κ2) is 6.55. The normalized spacial score (nSPS) is 15.2. The molecule has 112 valence electrons. The molecule has 0 radical (unpaired) electrons. The minimum Gasteiger partial charge on any atom is -0.399 e. The Morgan fingerprint density at radius 1 is 1.33 bits per heavy atom. The van der Waals surface area contributed by atoms with Gasteiger partial charge in [0, 0.05) is 18.7 Å². The Morgan fingerprint density at radius 2 is 2.00 bits per heavy atom. The lowest BCUT2D eigenvalue weighted by Crippen LogP contribution is -2.47. The van der Waals surface area contributed by atoms with Crippen LogP contribution in [0.5, 0.6) is 0 Å². The first-order chi connectivity index (χ1) is 9.97. The van der Waals surface area contributed by atoms with Crippen molar-refractivity contribution in [3.63, 3.8) is 0 Å². The van der Waals surface area contributed by atoms with E-state index in [1.807, 2.05) is 0 Å². The molecule has 0 aliphatic carbocycles. The number of nitrogens with zero attached hydrogens (tertiary/aromatic N) is 1. The number of nitrogens with one attached hydrogen (secondary N) is 1. The molecule has 3 N–H and O–H groups in total. The van der Waals surface area contributed by atoms with Crippen molar-refractivity contribution in [3.8, 4) is 0 Å². The summed E-state index contributed by atoms with van der Waals surface area (Å²) in [5.41, 5.74) is 6.47. The summed E-state index contributed by atoms with van der Waals surface area (Å²) < 4.78 is 4.78. The maximum atomic E-state index is 11.8. The summed E-state index contributed by atoms with van der Waals surface area (Å²) in [7, 11) is 0. The first-order valence-electron chi connectivity index (χ1n) is 6.23. The number of nitrogens with two attached hydrogens (primary N) is 1. The fourth-order valence-corrected chi connectivity index (χ4v) is 2.06. The molecule has 1 aromatic carbocycles. The number of anilines is 2. The van der Waals surface area contributed by atoms with Crippen molar-refractivity contribution in [2.75, 3.05) is 30.8 Å². The van der Waals surface area contributed by atoms with E-state index in [4.69, 9.17) is 22.1 Å². The van der Waals surface area contributed by atoms with Gasteiger partial charge < -0.3 is 15.8 Å². The number of nitrogen functional groups attached to an aromatic ring is 1. The molecule has 0 spiro atoms. The number of amides is 3. The van der Waals surface area contributed by atoms with E-state index in [2.05, 4.69) is 5.32 Å². The molecule has 0 aromatic heterocycles. The van der Waals surface area contributed by atoms with E-state index in [1.54, 1.807) is 12.1 Å². The number of morpholine rings is 1. The standard InChI is InChI=1S/C13H14ClN3O4/c14-9-5-8(15)1-2-10(9)16-11(18)3-4-17-12(19)6-21-7-13(17)20/h1-2,5H,3-4,6-7,15H2,(H,16,18). The third-order valence-electron chi connectivity index (χ3n) is 2.88. The molecule has 21 heavy (non-hydrogen) atoms. The van der Waals surface area contributed by atoms with Crippen LogP contribution in [0.3, 0.4) is 0 Å². The maximum Gasteiger partial charge on any atom is 0.255 e. The highest BCUT2D eigenvalue weighted by Gasteiger charge is 2.26. The van der Waals surface area contributed by atoms with Gasteiger partial charge in [-0.25, -0.2) is 0 Å². The zero-order chi connectivity index (χ0) is 15.4. The topological polar surface area (TPSA) is 102 Å². The summed E-state index contributed by atoms with van der Waals surface area (Å²) in [6, 6.07) is 4.71. The van der Waals surface area contributed by atoms with E-state index >= 15 is 0 Å². The Bertz CT molecular complexity index is 575. The summed E-state index contributed by atoms with van der Waals surface area (Å²) in [5, 5.41) is 2.92. The predicted molar refractivity (Wildman–Crippen MR) is 76.7 cm³/mol. The summed E-state index contributed by atoms with van der Waals surface area (Å²) >= 11 is 5.94. The molecule has 0 atom stereocenters. The van der Waals surface area contributed by atoms with Gasteiger partial charge in [0.25, 0.3) is 11.8 Å². The number of imide groups is 1. The van der Waals surface area contributed by atoms with Crippen LogP contribution >= 0.6 is 11.6 Å². The first kappa shape index (κ1) is 15.3. The zero-order valence-electron chi connectivity index (χ0n) is 11.1. The average Bonchev–Trinajstić information content (AvgIpc) is 2.41. The van der Waals surface area contributed by atoms with Crippen molar-refractivity contribution in [3.05, 3.63) is 23.2 Å². The van der Waals surface area contributed by atoms with Crippen LogP contribution < -0.4 is 11.1 Å². The number of benzene rings is 1. The molecule has 0 unspecified atom stereocenters. The van der Waals surface area contributed by atoms with E-state index in [0.717, 1.165) is 4.90 Å². The van der Waals surface area contributed by atoms with Crippen molar-refractivity contribution in [2.24, 2.45) is 0 Å². The van der Waals surface area contributed by atoms with Gasteiger partial charge in [0.15, 0.2) is 0 Å². The quantitative estimate of drug-likeness (QED) is 0.627. The number of rotatable bonds is 4. The van der Waals surface area contributed by atoms with Gasteiger partial charge >= 0.3 is 0 Å². The number of ether oxygens (including phenoxy) is 1. The van der Waals surface area contributed by atoms with E-state index in [1.165, 1.54) is 6.07 Å². The molecule has 1 fully saturated rings. The molecule has 1 heterocycles. The number of carbonyl (C=O) groups excluding carboxylic acids is 3. The van der Waals surface area contributed by atoms with E-state index < -0.39 is 11.8 Å². The Kier molecular flexibility index (Phi) is 4.77. The highest BCUT2D eigenvalue weighted by molar-refractivity contribution is 6.34. The number of halogens is 1. The Hall–Kier alpha value is -2.12. The fourth-order valence-electron chi connectivity index (χ4n) is 1.83.